The number of anilines is 1. The van der Waals surface area contributed by atoms with Gasteiger partial charge in [0.2, 0.25) is 5.91 Å². The summed E-state index contributed by atoms with van der Waals surface area (Å²) in [5.74, 6) is 0.965. The highest BCUT2D eigenvalue weighted by Gasteiger charge is 2.32. The van der Waals surface area contributed by atoms with Gasteiger partial charge in [0.1, 0.15) is 0 Å². The predicted molar refractivity (Wildman–Crippen MR) is 133 cm³/mol. The van der Waals surface area contributed by atoms with Gasteiger partial charge >= 0.3 is 5.97 Å². The van der Waals surface area contributed by atoms with E-state index in [0.29, 0.717) is 37.9 Å². The minimum Gasteiger partial charge on any atom is -0.490 e. The van der Waals surface area contributed by atoms with E-state index in [1.165, 1.54) is 0 Å². The molecule has 1 aliphatic rings. The molecule has 3 rings (SSSR count). The van der Waals surface area contributed by atoms with Gasteiger partial charge in [0.25, 0.3) is 0 Å². The summed E-state index contributed by atoms with van der Waals surface area (Å²) in [6.45, 7) is 11.9. The van der Waals surface area contributed by atoms with Crippen LogP contribution in [0.2, 0.25) is 0 Å². The van der Waals surface area contributed by atoms with Gasteiger partial charge in [0, 0.05) is 18.3 Å². The fraction of sp³-hybridized carbons (Fsp3) is 0.481. The fourth-order valence-electron chi connectivity index (χ4n) is 4.36. The van der Waals surface area contributed by atoms with E-state index < -0.39 is 0 Å². The third-order valence-electron chi connectivity index (χ3n) is 6.16. The van der Waals surface area contributed by atoms with Gasteiger partial charge in [0.05, 0.1) is 32.8 Å². The van der Waals surface area contributed by atoms with E-state index >= 15 is 0 Å². The van der Waals surface area contributed by atoms with Crippen LogP contribution in [0.15, 0.2) is 30.3 Å². The monoisotopic (exact) mass is 468 g/mol. The molecule has 1 aliphatic heterocycles. The smallest absolute Gasteiger partial charge is 0.307 e. The minimum atomic E-state index is -0.290. The van der Waals surface area contributed by atoms with Crippen LogP contribution in [0.3, 0.4) is 0 Å². The number of carbonyl (C=O) groups is 2. The molecule has 0 bridgehead atoms. The number of fused-ring (bicyclic) bond motifs is 1. The zero-order valence-electron chi connectivity index (χ0n) is 20.9. The van der Waals surface area contributed by atoms with Crippen molar-refractivity contribution in [2.24, 2.45) is 0 Å². The Morgan fingerprint density at radius 1 is 1.03 bits per heavy atom. The minimum absolute atomic E-state index is 0.109. The van der Waals surface area contributed by atoms with Crippen molar-refractivity contribution in [1.82, 2.24) is 4.90 Å². The molecule has 2 aromatic carbocycles. The Hall–Kier alpha value is -3.06. The van der Waals surface area contributed by atoms with Gasteiger partial charge in [0.15, 0.2) is 11.5 Å². The third kappa shape index (κ3) is 6.08. The summed E-state index contributed by atoms with van der Waals surface area (Å²) < 4.78 is 16.9. The molecule has 0 fully saturated rings. The van der Waals surface area contributed by atoms with E-state index in [-0.39, 0.29) is 30.9 Å². The summed E-state index contributed by atoms with van der Waals surface area (Å²) in [5, 5.41) is 3.04. The Balaban J connectivity index is 1.88. The van der Waals surface area contributed by atoms with Crippen LogP contribution in [0, 0.1) is 13.8 Å². The van der Waals surface area contributed by atoms with Gasteiger partial charge in [-0.25, -0.2) is 0 Å². The lowest BCUT2D eigenvalue weighted by molar-refractivity contribution is -0.145. The van der Waals surface area contributed by atoms with Gasteiger partial charge in [-0.1, -0.05) is 12.1 Å². The Morgan fingerprint density at radius 3 is 2.41 bits per heavy atom. The standard InChI is InChI=1S/C27H36N2O5/c1-6-32-24-14-20-12-13-29(17-26(30)28-22-11-9-10-18(4)19(22)5)23(16-27(31)34-8-3)21(20)15-25(24)33-7-2/h9-11,14-15,23H,6-8,12-13,16-17H2,1-5H3,(H,28,30)/t23-/m1/s1. The summed E-state index contributed by atoms with van der Waals surface area (Å²) in [4.78, 5) is 27.6. The molecular weight excluding hydrogens is 432 g/mol. The largest absolute Gasteiger partial charge is 0.490 e. The first kappa shape index (κ1) is 25.6. The highest BCUT2D eigenvalue weighted by Crippen LogP contribution is 2.40. The second-order valence-corrected chi connectivity index (χ2v) is 8.40. The lowest BCUT2D eigenvalue weighted by Crippen LogP contribution is -2.41. The SMILES string of the molecule is CCOC(=O)C[C@@H]1c2cc(OCC)c(OCC)cc2CCN1CC(=O)Nc1cccc(C)c1C. The van der Waals surface area contributed by atoms with Crippen molar-refractivity contribution >= 4 is 17.6 Å². The molecular formula is C27H36N2O5. The van der Waals surface area contributed by atoms with E-state index in [9.17, 15) is 9.59 Å². The zero-order chi connectivity index (χ0) is 24.7. The van der Waals surface area contributed by atoms with E-state index in [1.807, 2.05) is 58.0 Å². The van der Waals surface area contributed by atoms with Crippen LogP contribution in [0.5, 0.6) is 11.5 Å². The van der Waals surface area contributed by atoms with Crippen LogP contribution in [0.25, 0.3) is 0 Å². The summed E-state index contributed by atoms with van der Waals surface area (Å²) in [5.41, 5.74) is 5.06. The number of amides is 1. The van der Waals surface area contributed by atoms with E-state index in [1.54, 1.807) is 6.92 Å². The predicted octanol–water partition coefficient (Wildman–Crippen LogP) is 4.59. The molecule has 0 radical (unpaired) electrons. The van der Waals surface area contributed by atoms with Crippen molar-refractivity contribution in [3.05, 3.63) is 52.6 Å². The summed E-state index contributed by atoms with van der Waals surface area (Å²) >= 11 is 0. The first-order chi connectivity index (χ1) is 16.4. The van der Waals surface area contributed by atoms with Crippen molar-refractivity contribution in [3.63, 3.8) is 0 Å². The fourth-order valence-corrected chi connectivity index (χ4v) is 4.36. The second kappa shape index (κ2) is 11.9. The molecule has 0 unspecified atom stereocenters. The van der Waals surface area contributed by atoms with E-state index in [2.05, 4.69) is 10.2 Å². The van der Waals surface area contributed by atoms with Crippen LogP contribution in [0.1, 0.15) is 55.5 Å². The summed E-state index contributed by atoms with van der Waals surface area (Å²) in [6, 6.07) is 9.55. The number of hydrogen-bond donors (Lipinski definition) is 1. The molecule has 7 nitrogen and oxygen atoms in total. The molecule has 7 heteroatoms. The lowest BCUT2D eigenvalue weighted by atomic mass is 9.90. The molecule has 0 saturated heterocycles. The Labute approximate surface area is 202 Å². The molecule has 0 aliphatic carbocycles. The third-order valence-corrected chi connectivity index (χ3v) is 6.16. The Bertz CT molecular complexity index is 1020. The lowest BCUT2D eigenvalue weighted by Gasteiger charge is -2.37. The van der Waals surface area contributed by atoms with Gasteiger partial charge < -0.3 is 19.5 Å². The van der Waals surface area contributed by atoms with Crippen LogP contribution in [0.4, 0.5) is 5.69 Å². The number of rotatable bonds is 10. The van der Waals surface area contributed by atoms with Crippen LogP contribution in [-0.4, -0.2) is 49.7 Å². The van der Waals surface area contributed by atoms with E-state index in [4.69, 9.17) is 14.2 Å². The maximum Gasteiger partial charge on any atom is 0.307 e. The normalized spacial score (nSPS) is 15.4. The average molecular weight is 469 g/mol. The van der Waals surface area contributed by atoms with Gasteiger partial charge in [-0.3, -0.25) is 14.5 Å². The van der Waals surface area contributed by atoms with Crippen molar-refractivity contribution in [2.45, 2.75) is 53.5 Å². The molecule has 1 atom stereocenters. The number of hydrogen-bond acceptors (Lipinski definition) is 6. The second-order valence-electron chi connectivity index (χ2n) is 8.40. The molecule has 1 N–H and O–H groups in total. The molecule has 1 heterocycles. The molecule has 0 spiro atoms. The highest BCUT2D eigenvalue weighted by atomic mass is 16.5. The van der Waals surface area contributed by atoms with Crippen LogP contribution in [-0.2, 0) is 20.7 Å². The maximum atomic E-state index is 13.0. The molecule has 2 aromatic rings. The van der Waals surface area contributed by atoms with Gasteiger partial charge in [-0.05, 0) is 81.5 Å². The summed E-state index contributed by atoms with van der Waals surface area (Å²) in [7, 11) is 0. The van der Waals surface area contributed by atoms with Crippen molar-refractivity contribution in [3.8, 4) is 11.5 Å². The van der Waals surface area contributed by atoms with Crippen LogP contribution >= 0.6 is 0 Å². The van der Waals surface area contributed by atoms with Crippen molar-refractivity contribution in [1.29, 1.82) is 0 Å². The number of aryl methyl sites for hydroxylation is 1. The molecule has 34 heavy (non-hydrogen) atoms. The van der Waals surface area contributed by atoms with Crippen molar-refractivity contribution < 1.29 is 23.8 Å². The molecule has 0 saturated carbocycles. The topological polar surface area (TPSA) is 77.1 Å². The molecule has 184 valence electrons. The average Bonchev–Trinajstić information content (AvgIpc) is 2.79. The van der Waals surface area contributed by atoms with Crippen LogP contribution < -0.4 is 14.8 Å². The number of ether oxygens (including phenoxy) is 3. The van der Waals surface area contributed by atoms with Gasteiger partial charge in [-0.15, -0.1) is 0 Å². The number of nitrogens with one attached hydrogen (secondary N) is 1. The quantitative estimate of drug-likeness (QED) is 0.514. The molecule has 0 aromatic heterocycles. The zero-order valence-corrected chi connectivity index (χ0v) is 20.9. The Kier molecular flexibility index (Phi) is 8.93. The van der Waals surface area contributed by atoms with Crippen molar-refractivity contribution in [2.75, 3.05) is 38.2 Å². The summed E-state index contributed by atoms with van der Waals surface area (Å²) in [6.07, 6.45) is 0.912. The number of benzene rings is 2. The first-order valence-corrected chi connectivity index (χ1v) is 12.1. The van der Waals surface area contributed by atoms with E-state index in [0.717, 1.165) is 34.4 Å². The Morgan fingerprint density at radius 2 is 1.74 bits per heavy atom. The number of carbonyl (C=O) groups excluding carboxylic acids is 2. The number of esters is 1. The molecule has 1 amide bonds. The van der Waals surface area contributed by atoms with Gasteiger partial charge in [-0.2, -0.15) is 0 Å². The maximum absolute atomic E-state index is 13.0. The first-order valence-electron chi connectivity index (χ1n) is 12.1. The highest BCUT2D eigenvalue weighted by molar-refractivity contribution is 5.93. The number of nitrogens with zero attached hydrogens (tertiary/aromatic N) is 1.